The van der Waals surface area contributed by atoms with Gasteiger partial charge in [-0.05, 0) is 36.8 Å². The average Bonchev–Trinajstić information content (AvgIpc) is 3.02. The Hall–Kier alpha value is -1.00. The van der Waals surface area contributed by atoms with Gasteiger partial charge in [0.1, 0.15) is 5.65 Å². The van der Waals surface area contributed by atoms with Gasteiger partial charge in [0.15, 0.2) is 0 Å². The molecular weight excluding hydrogens is 242 g/mol. The zero-order valence-corrected chi connectivity index (χ0v) is 11.5. The Labute approximate surface area is 112 Å². The molecule has 2 heterocycles. The second-order valence-corrected chi connectivity index (χ2v) is 5.98. The Balaban J connectivity index is 1.69. The molecule has 18 heavy (non-hydrogen) atoms. The second kappa shape index (κ2) is 5.33. The Kier molecular flexibility index (Phi) is 3.57. The maximum Gasteiger partial charge on any atom is 0.137 e. The van der Waals surface area contributed by atoms with Crippen molar-refractivity contribution >= 4 is 22.8 Å². The van der Waals surface area contributed by atoms with Gasteiger partial charge in [-0.2, -0.15) is 11.8 Å². The lowest BCUT2D eigenvalue weighted by molar-refractivity contribution is 0.533. The molecule has 2 N–H and O–H groups in total. The van der Waals surface area contributed by atoms with E-state index < -0.39 is 0 Å². The maximum atomic E-state index is 4.33. The summed E-state index contributed by atoms with van der Waals surface area (Å²) in [5, 5.41) is 5.73. The van der Waals surface area contributed by atoms with Crippen molar-refractivity contribution in [3.8, 4) is 0 Å². The van der Waals surface area contributed by atoms with Crippen LogP contribution in [0.2, 0.25) is 0 Å². The third-order valence-corrected chi connectivity index (χ3v) is 5.02. The molecule has 2 aromatic rings. The highest BCUT2D eigenvalue weighted by Gasteiger charge is 2.25. The van der Waals surface area contributed by atoms with Crippen LogP contribution in [0.15, 0.2) is 24.5 Å². The summed E-state index contributed by atoms with van der Waals surface area (Å²) in [5.74, 6) is 0. The van der Waals surface area contributed by atoms with Crippen LogP contribution in [0, 0.1) is 0 Å². The van der Waals surface area contributed by atoms with E-state index in [4.69, 9.17) is 0 Å². The molecule has 1 saturated carbocycles. The van der Waals surface area contributed by atoms with Crippen molar-refractivity contribution in [3.63, 3.8) is 0 Å². The minimum atomic E-state index is 0.668. The average molecular weight is 261 g/mol. The van der Waals surface area contributed by atoms with Gasteiger partial charge in [0.2, 0.25) is 0 Å². The van der Waals surface area contributed by atoms with Gasteiger partial charge < -0.3 is 10.3 Å². The molecule has 0 radical (unpaired) electrons. The third-order valence-electron chi connectivity index (χ3n) is 3.85. The second-order valence-electron chi connectivity index (χ2n) is 4.91. The Morgan fingerprint density at radius 3 is 3.33 bits per heavy atom. The number of nitrogens with one attached hydrogen (secondary N) is 2. The van der Waals surface area contributed by atoms with E-state index in [0.29, 0.717) is 6.04 Å². The van der Waals surface area contributed by atoms with Gasteiger partial charge in [0.25, 0.3) is 0 Å². The zero-order chi connectivity index (χ0) is 12.4. The molecule has 0 saturated heterocycles. The maximum absolute atomic E-state index is 4.33. The van der Waals surface area contributed by atoms with Crippen molar-refractivity contribution in [2.75, 3.05) is 6.26 Å². The van der Waals surface area contributed by atoms with E-state index in [2.05, 4.69) is 33.8 Å². The molecule has 0 aromatic carbocycles. The number of aromatic amines is 1. The SMILES string of the molecule is CSC1CCCC1NCc1c[nH]c2ncccc12. The molecule has 2 aromatic heterocycles. The molecule has 2 unspecified atom stereocenters. The van der Waals surface area contributed by atoms with E-state index in [-0.39, 0.29) is 0 Å². The van der Waals surface area contributed by atoms with Crippen LogP contribution in [0.5, 0.6) is 0 Å². The van der Waals surface area contributed by atoms with Crippen molar-refractivity contribution in [2.45, 2.75) is 37.1 Å². The van der Waals surface area contributed by atoms with Crippen LogP contribution in [0.25, 0.3) is 11.0 Å². The monoisotopic (exact) mass is 261 g/mol. The minimum Gasteiger partial charge on any atom is -0.346 e. The first-order valence-electron chi connectivity index (χ1n) is 6.55. The lowest BCUT2D eigenvalue weighted by Gasteiger charge is -2.18. The van der Waals surface area contributed by atoms with E-state index in [0.717, 1.165) is 17.4 Å². The van der Waals surface area contributed by atoms with E-state index in [1.807, 2.05) is 24.0 Å². The molecule has 0 aliphatic heterocycles. The molecular formula is C14H19N3S. The van der Waals surface area contributed by atoms with E-state index in [9.17, 15) is 0 Å². The van der Waals surface area contributed by atoms with Crippen LogP contribution < -0.4 is 5.32 Å². The van der Waals surface area contributed by atoms with Crippen LogP contribution in [0.3, 0.4) is 0 Å². The first-order valence-corrected chi connectivity index (χ1v) is 7.84. The summed E-state index contributed by atoms with van der Waals surface area (Å²) in [5.41, 5.74) is 2.31. The number of rotatable bonds is 4. The van der Waals surface area contributed by atoms with Crippen LogP contribution in [-0.4, -0.2) is 27.5 Å². The molecule has 4 heteroatoms. The van der Waals surface area contributed by atoms with Crippen LogP contribution in [0.1, 0.15) is 24.8 Å². The summed E-state index contributed by atoms with van der Waals surface area (Å²) in [6, 6.07) is 4.80. The van der Waals surface area contributed by atoms with Crippen LogP contribution in [0.4, 0.5) is 0 Å². The first kappa shape index (κ1) is 12.1. The molecule has 0 amide bonds. The molecule has 3 rings (SSSR count). The summed E-state index contributed by atoms with van der Waals surface area (Å²) in [7, 11) is 0. The van der Waals surface area contributed by atoms with E-state index in [1.54, 1.807) is 0 Å². The lowest BCUT2D eigenvalue weighted by Crippen LogP contribution is -2.33. The number of nitrogens with zero attached hydrogens (tertiary/aromatic N) is 1. The number of pyridine rings is 1. The van der Waals surface area contributed by atoms with E-state index in [1.165, 1.54) is 30.2 Å². The molecule has 2 atom stereocenters. The molecule has 96 valence electrons. The Bertz CT molecular complexity index is 522. The summed E-state index contributed by atoms with van der Waals surface area (Å²) in [4.78, 5) is 7.56. The van der Waals surface area contributed by atoms with Gasteiger partial charge in [-0.3, -0.25) is 0 Å². The highest BCUT2D eigenvalue weighted by Crippen LogP contribution is 2.28. The number of fused-ring (bicyclic) bond motifs is 1. The van der Waals surface area contributed by atoms with Gasteiger partial charge in [-0.1, -0.05) is 6.42 Å². The predicted molar refractivity (Wildman–Crippen MR) is 77.9 cm³/mol. The van der Waals surface area contributed by atoms with Crippen LogP contribution in [-0.2, 0) is 6.54 Å². The lowest BCUT2D eigenvalue weighted by atomic mass is 10.2. The van der Waals surface area contributed by atoms with Gasteiger partial charge in [-0.25, -0.2) is 4.98 Å². The topological polar surface area (TPSA) is 40.7 Å². The number of thioether (sulfide) groups is 1. The fourth-order valence-corrected chi connectivity index (χ4v) is 3.80. The third kappa shape index (κ3) is 2.27. The molecule has 0 bridgehead atoms. The first-order chi connectivity index (χ1) is 8.88. The Morgan fingerprint density at radius 1 is 1.50 bits per heavy atom. The fraction of sp³-hybridized carbons (Fsp3) is 0.500. The minimum absolute atomic E-state index is 0.668. The van der Waals surface area contributed by atoms with Crippen molar-refractivity contribution < 1.29 is 0 Å². The van der Waals surface area contributed by atoms with E-state index >= 15 is 0 Å². The number of hydrogen-bond acceptors (Lipinski definition) is 3. The van der Waals surface area contributed by atoms with Gasteiger partial charge in [0, 0.05) is 35.6 Å². The highest BCUT2D eigenvalue weighted by atomic mass is 32.2. The molecule has 1 aliphatic carbocycles. The zero-order valence-electron chi connectivity index (χ0n) is 10.6. The molecule has 1 fully saturated rings. The quantitative estimate of drug-likeness (QED) is 0.889. The van der Waals surface area contributed by atoms with Gasteiger partial charge in [0.05, 0.1) is 0 Å². The number of hydrogen-bond donors (Lipinski definition) is 2. The van der Waals surface area contributed by atoms with Crippen molar-refractivity contribution in [1.29, 1.82) is 0 Å². The summed E-state index contributed by atoms with van der Waals surface area (Å²) in [6.45, 7) is 0.938. The summed E-state index contributed by atoms with van der Waals surface area (Å²) < 4.78 is 0. The summed E-state index contributed by atoms with van der Waals surface area (Å²) in [6.07, 6.45) is 10.2. The normalized spacial score (nSPS) is 23.8. The van der Waals surface area contributed by atoms with Crippen LogP contribution >= 0.6 is 11.8 Å². The summed E-state index contributed by atoms with van der Waals surface area (Å²) >= 11 is 2.00. The smallest absolute Gasteiger partial charge is 0.137 e. The standard InChI is InChI=1S/C14H19N3S/c1-18-13-6-2-5-12(13)16-8-10-9-17-14-11(10)4-3-7-15-14/h3-4,7,9,12-13,16H,2,5-6,8H2,1H3,(H,15,17). The largest absolute Gasteiger partial charge is 0.346 e. The molecule has 1 aliphatic rings. The number of aromatic nitrogens is 2. The fourth-order valence-electron chi connectivity index (χ4n) is 2.84. The van der Waals surface area contributed by atoms with Crippen molar-refractivity contribution in [3.05, 3.63) is 30.1 Å². The predicted octanol–water partition coefficient (Wildman–Crippen LogP) is 2.94. The molecule has 3 nitrogen and oxygen atoms in total. The van der Waals surface area contributed by atoms with Gasteiger partial charge in [-0.15, -0.1) is 0 Å². The Morgan fingerprint density at radius 2 is 2.44 bits per heavy atom. The van der Waals surface area contributed by atoms with Crippen molar-refractivity contribution in [2.24, 2.45) is 0 Å². The highest BCUT2D eigenvalue weighted by molar-refractivity contribution is 7.99. The van der Waals surface area contributed by atoms with Gasteiger partial charge >= 0.3 is 0 Å². The molecule has 0 spiro atoms. The van der Waals surface area contributed by atoms with Crippen molar-refractivity contribution in [1.82, 2.24) is 15.3 Å². The number of H-pyrrole nitrogens is 1.